The van der Waals surface area contributed by atoms with Crippen molar-refractivity contribution in [3.05, 3.63) is 0 Å². The van der Waals surface area contributed by atoms with E-state index in [-0.39, 0.29) is 5.78 Å². The molecule has 0 aliphatic rings. The third-order valence-corrected chi connectivity index (χ3v) is 1.04. The van der Waals surface area contributed by atoms with Crippen LogP contribution in [0.4, 0.5) is 0 Å². The molecular formula is C6H13NOS. The van der Waals surface area contributed by atoms with E-state index < -0.39 is 0 Å². The van der Waals surface area contributed by atoms with Crippen LogP contribution >= 0.6 is 12.2 Å². The highest BCUT2D eigenvalue weighted by Crippen LogP contribution is 1.69. The molecule has 0 radical (unpaired) electrons. The summed E-state index contributed by atoms with van der Waals surface area (Å²) in [6.07, 6.45) is 0. The van der Waals surface area contributed by atoms with Crippen molar-refractivity contribution in [3.63, 3.8) is 0 Å². The molecular weight excluding hydrogens is 134 g/mol. The summed E-state index contributed by atoms with van der Waals surface area (Å²) in [6.45, 7) is 5.43. The van der Waals surface area contributed by atoms with E-state index in [9.17, 15) is 4.79 Å². The fourth-order valence-corrected chi connectivity index (χ4v) is 0.176. The second-order valence-corrected chi connectivity index (χ2v) is 1.54. The van der Waals surface area contributed by atoms with Crippen LogP contribution in [0.3, 0.4) is 0 Å². The quantitative estimate of drug-likeness (QED) is 0.564. The first kappa shape index (κ1) is 11.4. The van der Waals surface area contributed by atoms with E-state index in [1.165, 1.54) is 6.92 Å². The smallest absolute Gasteiger partial charge is 0.186 e. The Labute approximate surface area is 61.6 Å². The van der Waals surface area contributed by atoms with E-state index in [1.54, 1.807) is 7.05 Å². The van der Waals surface area contributed by atoms with Gasteiger partial charge in [-0.2, -0.15) is 0 Å². The van der Waals surface area contributed by atoms with Gasteiger partial charge in [0.25, 0.3) is 0 Å². The number of carbonyl (C=O) groups is 1. The largest absolute Gasteiger partial charge is 0.376 e. The predicted molar refractivity (Wildman–Crippen MR) is 43.7 cm³/mol. The second-order valence-electron chi connectivity index (χ2n) is 1.14. The lowest BCUT2D eigenvalue weighted by molar-refractivity contribution is -0.111. The highest BCUT2D eigenvalue weighted by Gasteiger charge is 1.94. The van der Waals surface area contributed by atoms with Gasteiger partial charge in [-0.05, 0) is 0 Å². The Kier molecular flexibility index (Phi) is 9.55. The van der Waals surface area contributed by atoms with Crippen LogP contribution in [0.25, 0.3) is 0 Å². The zero-order valence-electron chi connectivity index (χ0n) is 6.32. The summed E-state index contributed by atoms with van der Waals surface area (Å²) < 4.78 is 0. The zero-order valence-corrected chi connectivity index (χ0v) is 7.13. The molecule has 0 aromatic heterocycles. The van der Waals surface area contributed by atoms with Crippen LogP contribution < -0.4 is 5.32 Å². The fourth-order valence-electron chi connectivity index (χ4n) is 0.176. The maximum absolute atomic E-state index is 10.2. The predicted octanol–water partition coefficient (Wildman–Crippen LogP) is 1.15. The second kappa shape index (κ2) is 7.56. The van der Waals surface area contributed by atoms with Gasteiger partial charge < -0.3 is 5.32 Å². The van der Waals surface area contributed by atoms with Gasteiger partial charge in [-0.3, -0.25) is 4.79 Å². The van der Waals surface area contributed by atoms with Gasteiger partial charge in [0.2, 0.25) is 0 Å². The summed E-state index contributed by atoms with van der Waals surface area (Å²) in [5, 5.41) is 2.55. The molecule has 0 atom stereocenters. The Morgan fingerprint density at radius 2 is 1.78 bits per heavy atom. The minimum Gasteiger partial charge on any atom is -0.376 e. The number of rotatable bonds is 1. The first-order chi connectivity index (χ1) is 4.18. The first-order valence-electron chi connectivity index (χ1n) is 2.91. The molecule has 1 N–H and O–H groups in total. The summed E-state index contributed by atoms with van der Waals surface area (Å²) in [5.41, 5.74) is 0. The lowest BCUT2D eigenvalue weighted by Gasteiger charge is -1.91. The topological polar surface area (TPSA) is 29.1 Å². The van der Waals surface area contributed by atoms with Crippen molar-refractivity contribution >= 4 is 23.0 Å². The molecule has 3 heteroatoms. The number of thiocarbonyl (C=S) groups is 1. The van der Waals surface area contributed by atoms with Crippen molar-refractivity contribution in [2.24, 2.45) is 0 Å². The summed E-state index contributed by atoms with van der Waals surface area (Å²) >= 11 is 4.52. The third-order valence-electron chi connectivity index (χ3n) is 0.547. The van der Waals surface area contributed by atoms with E-state index in [1.807, 2.05) is 13.8 Å². The lowest BCUT2D eigenvalue weighted by atomic mass is 10.4. The minimum absolute atomic E-state index is 0.0856. The average molecular weight is 147 g/mol. The van der Waals surface area contributed by atoms with Crippen LogP contribution in [0.2, 0.25) is 0 Å². The number of hydrogen-bond acceptors (Lipinski definition) is 2. The third kappa shape index (κ3) is 7.56. The SMILES string of the molecule is CC.CNC(=S)C(C)=O. The van der Waals surface area contributed by atoms with Gasteiger partial charge in [0.05, 0.1) is 0 Å². The molecule has 0 rings (SSSR count). The van der Waals surface area contributed by atoms with Crippen LogP contribution in [-0.2, 0) is 4.79 Å². The van der Waals surface area contributed by atoms with Gasteiger partial charge in [0.1, 0.15) is 4.99 Å². The van der Waals surface area contributed by atoms with Gasteiger partial charge in [-0.25, -0.2) is 0 Å². The Bertz CT molecular complexity index is 101. The molecule has 54 valence electrons. The summed E-state index contributed by atoms with van der Waals surface area (Å²) in [5.74, 6) is -0.0856. The summed E-state index contributed by atoms with van der Waals surface area (Å²) in [6, 6.07) is 0. The Morgan fingerprint density at radius 3 is 1.78 bits per heavy atom. The molecule has 0 aliphatic carbocycles. The zero-order chi connectivity index (χ0) is 7.86. The van der Waals surface area contributed by atoms with E-state index >= 15 is 0 Å². The number of hydrogen-bond donors (Lipinski definition) is 1. The molecule has 0 spiro atoms. The van der Waals surface area contributed by atoms with Crippen LogP contribution in [-0.4, -0.2) is 17.8 Å². The highest BCUT2D eigenvalue weighted by atomic mass is 32.1. The monoisotopic (exact) mass is 147 g/mol. The molecule has 0 amide bonds. The standard InChI is InChI=1S/C4H7NOS.C2H6/c1-3(6)4(7)5-2;1-2/h1-2H3,(H,5,7);1-2H3. The molecule has 0 bridgehead atoms. The van der Waals surface area contributed by atoms with Gasteiger partial charge in [0, 0.05) is 14.0 Å². The number of nitrogens with one attached hydrogen (secondary N) is 1. The van der Waals surface area contributed by atoms with Gasteiger partial charge in [-0.15, -0.1) is 0 Å². The molecule has 2 nitrogen and oxygen atoms in total. The normalized spacial score (nSPS) is 6.67. The van der Waals surface area contributed by atoms with Crippen molar-refractivity contribution < 1.29 is 4.79 Å². The average Bonchev–Trinajstić information content (AvgIpc) is 1.91. The van der Waals surface area contributed by atoms with Crippen molar-refractivity contribution in [1.29, 1.82) is 0 Å². The molecule has 0 aromatic carbocycles. The highest BCUT2D eigenvalue weighted by molar-refractivity contribution is 7.82. The molecule has 0 aromatic rings. The molecule has 0 fully saturated rings. The van der Waals surface area contributed by atoms with Gasteiger partial charge in [0.15, 0.2) is 5.78 Å². The Balaban J connectivity index is 0. The molecule has 0 unspecified atom stereocenters. The van der Waals surface area contributed by atoms with E-state index in [2.05, 4.69) is 17.5 Å². The molecule has 0 heterocycles. The number of carbonyl (C=O) groups excluding carboxylic acids is 1. The van der Waals surface area contributed by atoms with Gasteiger partial charge in [-0.1, -0.05) is 26.1 Å². The maximum Gasteiger partial charge on any atom is 0.186 e. The summed E-state index contributed by atoms with van der Waals surface area (Å²) in [4.78, 5) is 10.5. The van der Waals surface area contributed by atoms with E-state index in [0.717, 1.165) is 0 Å². The van der Waals surface area contributed by atoms with Crippen LogP contribution in [0.15, 0.2) is 0 Å². The molecule has 9 heavy (non-hydrogen) atoms. The molecule has 0 saturated heterocycles. The van der Waals surface area contributed by atoms with Crippen LogP contribution in [0, 0.1) is 0 Å². The molecule has 0 aliphatic heterocycles. The lowest BCUT2D eigenvalue weighted by Crippen LogP contribution is -2.22. The van der Waals surface area contributed by atoms with Crippen molar-refractivity contribution in [2.75, 3.05) is 7.05 Å². The fraction of sp³-hybridized carbons (Fsp3) is 0.667. The Morgan fingerprint density at radius 1 is 1.44 bits per heavy atom. The first-order valence-corrected chi connectivity index (χ1v) is 3.32. The van der Waals surface area contributed by atoms with Gasteiger partial charge >= 0.3 is 0 Å². The van der Waals surface area contributed by atoms with Crippen LogP contribution in [0.1, 0.15) is 20.8 Å². The Hall–Kier alpha value is -0.440. The maximum atomic E-state index is 10.2. The number of likely N-dealkylation sites (N-methyl/N-ethyl adjacent to an activating group) is 1. The van der Waals surface area contributed by atoms with Crippen molar-refractivity contribution in [1.82, 2.24) is 5.32 Å². The van der Waals surface area contributed by atoms with E-state index in [0.29, 0.717) is 4.99 Å². The van der Waals surface area contributed by atoms with Crippen molar-refractivity contribution in [2.45, 2.75) is 20.8 Å². The molecule has 0 saturated carbocycles. The summed E-state index contributed by atoms with van der Waals surface area (Å²) in [7, 11) is 1.63. The van der Waals surface area contributed by atoms with Crippen LogP contribution in [0.5, 0.6) is 0 Å². The van der Waals surface area contributed by atoms with Crippen molar-refractivity contribution in [3.8, 4) is 0 Å². The number of Topliss-reactive ketones (excluding diaryl/α,β-unsaturated/α-hetero) is 1. The number of ketones is 1. The minimum atomic E-state index is -0.0856. The van der Waals surface area contributed by atoms with E-state index in [4.69, 9.17) is 0 Å².